The molecule has 0 radical (unpaired) electrons. The van der Waals surface area contributed by atoms with E-state index in [0.29, 0.717) is 19.0 Å². The average Bonchev–Trinajstić information content (AvgIpc) is 3.14. The van der Waals surface area contributed by atoms with Crippen LogP contribution < -0.4 is 5.32 Å². The van der Waals surface area contributed by atoms with Crippen molar-refractivity contribution in [2.45, 2.75) is 46.5 Å². The molecule has 6 nitrogen and oxygen atoms in total. The Morgan fingerprint density at radius 3 is 2.54 bits per heavy atom. The van der Waals surface area contributed by atoms with E-state index in [-0.39, 0.29) is 5.97 Å². The molecule has 0 amide bonds. The van der Waals surface area contributed by atoms with Crippen molar-refractivity contribution in [3.8, 4) is 11.4 Å². The largest absolute Gasteiger partial charge is 0.466 e. The maximum atomic E-state index is 12.5. The zero-order chi connectivity index (χ0) is 18.6. The molecule has 26 heavy (non-hydrogen) atoms. The quantitative estimate of drug-likeness (QED) is 0.797. The fourth-order valence-corrected chi connectivity index (χ4v) is 3.47. The summed E-state index contributed by atoms with van der Waals surface area (Å²) in [6, 6.07) is 3.79. The fourth-order valence-electron chi connectivity index (χ4n) is 3.47. The SMILES string of the molecule is CCOC(=O)C1(CNc2nc(-c3ccncc3)nc(C)c2C)CCCC1. The molecule has 0 unspecified atom stereocenters. The molecule has 1 aliphatic carbocycles. The molecule has 0 aliphatic heterocycles. The van der Waals surface area contributed by atoms with Crippen LogP contribution in [0.15, 0.2) is 24.5 Å². The maximum Gasteiger partial charge on any atom is 0.313 e. The first-order chi connectivity index (χ1) is 12.6. The highest BCUT2D eigenvalue weighted by Gasteiger charge is 2.42. The lowest BCUT2D eigenvalue weighted by atomic mass is 9.86. The molecule has 2 aromatic heterocycles. The van der Waals surface area contributed by atoms with Crippen LogP contribution >= 0.6 is 0 Å². The van der Waals surface area contributed by atoms with Crippen LogP contribution in [0.4, 0.5) is 5.82 Å². The molecule has 0 atom stereocenters. The Morgan fingerprint density at radius 1 is 1.19 bits per heavy atom. The standard InChI is InChI=1S/C20H26N4O2/c1-4-26-19(25)20(9-5-6-10-20)13-22-17-14(2)15(3)23-18(24-17)16-7-11-21-12-8-16/h7-8,11-12H,4-6,9-10,13H2,1-3H3,(H,22,23,24). The summed E-state index contributed by atoms with van der Waals surface area (Å²) in [5.41, 5.74) is 2.40. The number of ether oxygens (including phenoxy) is 1. The summed E-state index contributed by atoms with van der Waals surface area (Å²) < 4.78 is 5.35. The van der Waals surface area contributed by atoms with Gasteiger partial charge in [-0.3, -0.25) is 9.78 Å². The second-order valence-corrected chi connectivity index (χ2v) is 6.90. The summed E-state index contributed by atoms with van der Waals surface area (Å²) >= 11 is 0. The number of rotatable bonds is 6. The predicted molar refractivity (Wildman–Crippen MR) is 101 cm³/mol. The Hall–Kier alpha value is -2.50. The topological polar surface area (TPSA) is 77.0 Å². The van der Waals surface area contributed by atoms with Crippen LogP contribution in [-0.2, 0) is 9.53 Å². The summed E-state index contributed by atoms with van der Waals surface area (Å²) in [4.78, 5) is 25.9. The minimum absolute atomic E-state index is 0.0946. The van der Waals surface area contributed by atoms with Crippen LogP contribution in [0.3, 0.4) is 0 Å². The van der Waals surface area contributed by atoms with Gasteiger partial charge in [-0.15, -0.1) is 0 Å². The maximum absolute atomic E-state index is 12.5. The Bertz CT molecular complexity index is 771. The van der Waals surface area contributed by atoms with Crippen molar-refractivity contribution < 1.29 is 9.53 Å². The lowest BCUT2D eigenvalue weighted by Gasteiger charge is -2.27. The van der Waals surface area contributed by atoms with Crippen LogP contribution in [0.25, 0.3) is 11.4 Å². The van der Waals surface area contributed by atoms with E-state index in [0.717, 1.165) is 48.3 Å². The summed E-state index contributed by atoms with van der Waals surface area (Å²) in [5.74, 6) is 1.34. The van der Waals surface area contributed by atoms with Gasteiger partial charge in [0.15, 0.2) is 5.82 Å². The zero-order valence-corrected chi connectivity index (χ0v) is 15.7. The Morgan fingerprint density at radius 2 is 1.88 bits per heavy atom. The molecule has 138 valence electrons. The molecule has 1 aliphatic rings. The van der Waals surface area contributed by atoms with Gasteiger partial charge in [-0.1, -0.05) is 12.8 Å². The van der Waals surface area contributed by atoms with Crippen molar-refractivity contribution in [2.75, 3.05) is 18.5 Å². The van der Waals surface area contributed by atoms with Crippen LogP contribution in [-0.4, -0.2) is 34.1 Å². The molecule has 1 fully saturated rings. The van der Waals surface area contributed by atoms with Crippen molar-refractivity contribution in [3.05, 3.63) is 35.8 Å². The summed E-state index contributed by atoms with van der Waals surface area (Å²) in [5, 5.41) is 3.42. The molecule has 0 bridgehead atoms. The van der Waals surface area contributed by atoms with Gasteiger partial charge in [-0.2, -0.15) is 0 Å². The monoisotopic (exact) mass is 354 g/mol. The van der Waals surface area contributed by atoms with E-state index in [1.54, 1.807) is 12.4 Å². The van der Waals surface area contributed by atoms with Gasteiger partial charge in [0.2, 0.25) is 0 Å². The molecular weight excluding hydrogens is 328 g/mol. The molecule has 2 aromatic rings. The van der Waals surface area contributed by atoms with Crippen LogP contribution in [0, 0.1) is 19.3 Å². The molecule has 6 heteroatoms. The first kappa shape index (κ1) is 18.3. The van der Waals surface area contributed by atoms with E-state index in [4.69, 9.17) is 9.72 Å². The van der Waals surface area contributed by atoms with Crippen LogP contribution in [0.2, 0.25) is 0 Å². The molecule has 0 saturated heterocycles. The second-order valence-electron chi connectivity index (χ2n) is 6.90. The number of aromatic nitrogens is 3. The first-order valence-electron chi connectivity index (χ1n) is 9.22. The van der Waals surface area contributed by atoms with Gasteiger partial charge in [0, 0.05) is 35.8 Å². The van der Waals surface area contributed by atoms with E-state index in [1.807, 2.05) is 32.9 Å². The number of nitrogens with zero attached hydrogens (tertiary/aromatic N) is 3. The van der Waals surface area contributed by atoms with Gasteiger partial charge in [-0.25, -0.2) is 9.97 Å². The third-order valence-corrected chi connectivity index (χ3v) is 5.19. The van der Waals surface area contributed by atoms with E-state index in [2.05, 4.69) is 15.3 Å². The first-order valence-corrected chi connectivity index (χ1v) is 9.22. The second kappa shape index (κ2) is 7.81. The highest BCUT2D eigenvalue weighted by Crippen LogP contribution is 2.39. The van der Waals surface area contributed by atoms with E-state index in [1.165, 1.54) is 0 Å². The third kappa shape index (κ3) is 3.69. The minimum Gasteiger partial charge on any atom is -0.466 e. The van der Waals surface area contributed by atoms with Gasteiger partial charge in [-0.05, 0) is 45.7 Å². The molecular formula is C20H26N4O2. The summed E-state index contributed by atoms with van der Waals surface area (Å²) in [6.45, 7) is 6.79. The molecule has 0 spiro atoms. The number of nitrogens with one attached hydrogen (secondary N) is 1. The number of anilines is 1. The van der Waals surface area contributed by atoms with Crippen LogP contribution in [0.1, 0.15) is 43.9 Å². The normalized spacial score (nSPS) is 15.7. The molecule has 2 heterocycles. The minimum atomic E-state index is -0.446. The number of pyridine rings is 1. The summed E-state index contributed by atoms with van der Waals surface area (Å²) in [7, 11) is 0. The molecule has 3 rings (SSSR count). The van der Waals surface area contributed by atoms with E-state index < -0.39 is 5.41 Å². The highest BCUT2D eigenvalue weighted by molar-refractivity contribution is 5.78. The van der Waals surface area contributed by atoms with Crippen molar-refractivity contribution in [1.82, 2.24) is 15.0 Å². The molecule has 1 N–H and O–H groups in total. The van der Waals surface area contributed by atoms with Crippen molar-refractivity contribution in [1.29, 1.82) is 0 Å². The van der Waals surface area contributed by atoms with Gasteiger partial charge >= 0.3 is 5.97 Å². The fraction of sp³-hybridized carbons (Fsp3) is 0.500. The van der Waals surface area contributed by atoms with Gasteiger partial charge in [0.25, 0.3) is 0 Å². The van der Waals surface area contributed by atoms with Crippen molar-refractivity contribution in [3.63, 3.8) is 0 Å². The van der Waals surface area contributed by atoms with Crippen molar-refractivity contribution in [2.24, 2.45) is 5.41 Å². The van der Waals surface area contributed by atoms with Gasteiger partial charge < -0.3 is 10.1 Å². The third-order valence-electron chi connectivity index (χ3n) is 5.19. The van der Waals surface area contributed by atoms with Gasteiger partial charge in [0.05, 0.1) is 12.0 Å². The number of carbonyl (C=O) groups excluding carboxylic acids is 1. The van der Waals surface area contributed by atoms with Crippen molar-refractivity contribution >= 4 is 11.8 Å². The van der Waals surface area contributed by atoms with E-state index >= 15 is 0 Å². The summed E-state index contributed by atoms with van der Waals surface area (Å²) in [6.07, 6.45) is 7.30. The number of aryl methyl sites for hydroxylation is 1. The van der Waals surface area contributed by atoms with E-state index in [9.17, 15) is 4.79 Å². The number of carbonyl (C=O) groups is 1. The smallest absolute Gasteiger partial charge is 0.313 e. The van der Waals surface area contributed by atoms with Crippen LogP contribution in [0.5, 0.6) is 0 Å². The number of esters is 1. The number of hydrogen-bond donors (Lipinski definition) is 1. The average molecular weight is 354 g/mol. The molecule has 1 saturated carbocycles. The number of hydrogen-bond acceptors (Lipinski definition) is 6. The Labute approximate surface area is 154 Å². The Kier molecular flexibility index (Phi) is 5.49. The Balaban J connectivity index is 1.85. The predicted octanol–water partition coefficient (Wildman–Crippen LogP) is 3.69. The lowest BCUT2D eigenvalue weighted by Crippen LogP contribution is -2.37. The zero-order valence-electron chi connectivity index (χ0n) is 15.7. The molecule has 0 aromatic carbocycles. The lowest BCUT2D eigenvalue weighted by molar-refractivity contribution is -0.154. The highest BCUT2D eigenvalue weighted by atomic mass is 16.5. The van der Waals surface area contributed by atoms with Gasteiger partial charge in [0.1, 0.15) is 5.82 Å².